The Hall–Kier alpha value is -2.23. The molecule has 1 aromatic heterocycles. The van der Waals surface area contributed by atoms with Gasteiger partial charge in [-0.05, 0) is 43.7 Å². The third-order valence-electron chi connectivity index (χ3n) is 2.64. The van der Waals surface area contributed by atoms with Crippen LogP contribution < -0.4 is 14.8 Å². The Morgan fingerprint density at radius 3 is 2.45 bits per heavy atom. The quantitative estimate of drug-likeness (QED) is 0.824. The Morgan fingerprint density at radius 2 is 1.75 bits per heavy atom. The minimum absolute atomic E-state index is 0.579. The van der Waals surface area contributed by atoms with Crippen LogP contribution in [-0.2, 0) is 0 Å². The lowest BCUT2D eigenvalue weighted by atomic mass is 10.3. The number of rotatable bonds is 7. The minimum atomic E-state index is 0.579. The molecular weight excluding hydrogens is 252 g/mol. The van der Waals surface area contributed by atoms with Crippen molar-refractivity contribution in [3.05, 3.63) is 42.5 Å². The van der Waals surface area contributed by atoms with E-state index in [1.54, 1.807) is 0 Å². The second-order valence-electron chi connectivity index (χ2n) is 4.29. The average molecular weight is 272 g/mol. The lowest BCUT2D eigenvalue weighted by Crippen LogP contribution is -2.02. The van der Waals surface area contributed by atoms with E-state index in [2.05, 4.69) is 17.2 Å². The summed E-state index contributed by atoms with van der Waals surface area (Å²) in [6.07, 6.45) is 1.06. The lowest BCUT2D eigenvalue weighted by molar-refractivity contribution is 0.339. The highest BCUT2D eigenvalue weighted by Gasteiger charge is 2.01. The van der Waals surface area contributed by atoms with E-state index in [-0.39, 0.29) is 0 Å². The first-order valence-corrected chi connectivity index (χ1v) is 6.93. The molecule has 0 spiro atoms. The maximum Gasteiger partial charge on any atom is 0.221 e. The van der Waals surface area contributed by atoms with Crippen molar-refractivity contribution in [2.24, 2.45) is 0 Å². The zero-order chi connectivity index (χ0) is 14.2. The molecule has 0 aliphatic rings. The van der Waals surface area contributed by atoms with Crippen molar-refractivity contribution in [3.63, 3.8) is 0 Å². The Morgan fingerprint density at radius 1 is 1.00 bits per heavy atom. The summed E-state index contributed by atoms with van der Waals surface area (Å²) in [5.41, 5.74) is 0. The summed E-state index contributed by atoms with van der Waals surface area (Å²) in [5, 5.41) is 3.24. The summed E-state index contributed by atoms with van der Waals surface area (Å²) < 4.78 is 11.1. The molecule has 0 bridgehead atoms. The summed E-state index contributed by atoms with van der Waals surface area (Å²) >= 11 is 0. The number of hydrogen-bond donors (Lipinski definition) is 1. The maximum absolute atomic E-state index is 5.73. The van der Waals surface area contributed by atoms with Gasteiger partial charge in [-0.2, -0.15) is 4.98 Å². The summed E-state index contributed by atoms with van der Waals surface area (Å²) in [5.74, 6) is 2.99. The molecule has 20 heavy (non-hydrogen) atoms. The molecule has 2 rings (SSSR count). The molecule has 4 heteroatoms. The van der Waals surface area contributed by atoms with Crippen molar-refractivity contribution in [1.82, 2.24) is 4.98 Å². The summed E-state index contributed by atoms with van der Waals surface area (Å²) in [6.45, 7) is 5.64. The van der Waals surface area contributed by atoms with Crippen LogP contribution in [0, 0.1) is 0 Å². The summed E-state index contributed by atoms with van der Waals surface area (Å²) in [7, 11) is 0. The van der Waals surface area contributed by atoms with Gasteiger partial charge in [-0.15, -0.1) is 0 Å². The molecule has 0 saturated heterocycles. The summed E-state index contributed by atoms with van der Waals surface area (Å²) in [4.78, 5) is 4.40. The fourth-order valence-electron chi connectivity index (χ4n) is 1.71. The standard InChI is InChI=1S/C16H20N2O2/c1-3-12-17-15-6-5-7-16(18-15)20-14-10-8-13(9-11-14)19-4-2/h5-11H,3-4,12H2,1-2H3,(H,17,18). The molecule has 4 nitrogen and oxygen atoms in total. The molecule has 0 atom stereocenters. The van der Waals surface area contributed by atoms with Gasteiger partial charge in [0.05, 0.1) is 6.61 Å². The van der Waals surface area contributed by atoms with Crippen LogP contribution in [-0.4, -0.2) is 18.1 Å². The van der Waals surface area contributed by atoms with Crippen LogP contribution in [0.25, 0.3) is 0 Å². The summed E-state index contributed by atoms with van der Waals surface area (Å²) in [6, 6.07) is 13.2. The predicted octanol–water partition coefficient (Wildman–Crippen LogP) is 4.09. The molecule has 0 aliphatic carbocycles. The van der Waals surface area contributed by atoms with Crippen molar-refractivity contribution >= 4 is 5.82 Å². The van der Waals surface area contributed by atoms with Crippen molar-refractivity contribution < 1.29 is 9.47 Å². The number of nitrogens with zero attached hydrogens (tertiary/aromatic N) is 1. The number of benzene rings is 1. The van der Waals surface area contributed by atoms with Gasteiger partial charge < -0.3 is 14.8 Å². The van der Waals surface area contributed by atoms with E-state index in [0.29, 0.717) is 12.5 Å². The molecule has 106 valence electrons. The lowest BCUT2D eigenvalue weighted by Gasteiger charge is -2.08. The van der Waals surface area contributed by atoms with E-state index in [0.717, 1.165) is 30.3 Å². The van der Waals surface area contributed by atoms with Gasteiger partial charge in [0.25, 0.3) is 0 Å². The fourth-order valence-corrected chi connectivity index (χ4v) is 1.71. The van der Waals surface area contributed by atoms with Gasteiger partial charge >= 0.3 is 0 Å². The monoisotopic (exact) mass is 272 g/mol. The first-order chi connectivity index (χ1) is 9.81. The van der Waals surface area contributed by atoms with Crippen LogP contribution in [0.4, 0.5) is 5.82 Å². The first-order valence-electron chi connectivity index (χ1n) is 6.93. The molecule has 0 fully saturated rings. The highest BCUT2D eigenvalue weighted by atomic mass is 16.5. The van der Waals surface area contributed by atoms with Crippen LogP contribution in [0.5, 0.6) is 17.4 Å². The normalized spacial score (nSPS) is 10.1. The number of ether oxygens (including phenoxy) is 2. The zero-order valence-corrected chi connectivity index (χ0v) is 11.9. The van der Waals surface area contributed by atoms with Crippen LogP contribution in [0.15, 0.2) is 42.5 Å². The molecular formula is C16H20N2O2. The molecule has 0 radical (unpaired) electrons. The fraction of sp³-hybridized carbons (Fsp3) is 0.312. The van der Waals surface area contributed by atoms with E-state index in [4.69, 9.17) is 9.47 Å². The topological polar surface area (TPSA) is 43.4 Å². The molecule has 0 unspecified atom stereocenters. The van der Waals surface area contributed by atoms with E-state index in [1.807, 2.05) is 49.4 Å². The van der Waals surface area contributed by atoms with E-state index in [9.17, 15) is 0 Å². The van der Waals surface area contributed by atoms with Gasteiger partial charge in [0.1, 0.15) is 17.3 Å². The molecule has 0 saturated carbocycles. The average Bonchev–Trinajstić information content (AvgIpc) is 2.48. The third-order valence-corrected chi connectivity index (χ3v) is 2.64. The largest absolute Gasteiger partial charge is 0.494 e. The van der Waals surface area contributed by atoms with Gasteiger partial charge in [0, 0.05) is 12.6 Å². The number of anilines is 1. The number of pyridine rings is 1. The van der Waals surface area contributed by atoms with E-state index >= 15 is 0 Å². The molecule has 2 aromatic rings. The Bertz CT molecular complexity index is 526. The van der Waals surface area contributed by atoms with Crippen LogP contribution >= 0.6 is 0 Å². The van der Waals surface area contributed by atoms with Crippen LogP contribution in [0.1, 0.15) is 20.3 Å². The molecule has 0 amide bonds. The first kappa shape index (κ1) is 14.2. The van der Waals surface area contributed by atoms with E-state index < -0.39 is 0 Å². The molecule has 1 aromatic carbocycles. The minimum Gasteiger partial charge on any atom is -0.494 e. The molecule has 0 aliphatic heterocycles. The Balaban J connectivity index is 2.01. The molecule has 1 N–H and O–H groups in total. The Labute approximate surface area is 119 Å². The van der Waals surface area contributed by atoms with Gasteiger partial charge in [0.15, 0.2) is 0 Å². The van der Waals surface area contributed by atoms with Gasteiger partial charge in [0.2, 0.25) is 5.88 Å². The SMILES string of the molecule is CCCNc1cccc(Oc2ccc(OCC)cc2)n1. The van der Waals surface area contributed by atoms with Crippen molar-refractivity contribution in [3.8, 4) is 17.4 Å². The zero-order valence-electron chi connectivity index (χ0n) is 11.9. The molecule has 1 heterocycles. The number of nitrogens with one attached hydrogen (secondary N) is 1. The van der Waals surface area contributed by atoms with Crippen LogP contribution in [0.2, 0.25) is 0 Å². The van der Waals surface area contributed by atoms with Gasteiger partial charge in [-0.25, -0.2) is 0 Å². The smallest absolute Gasteiger partial charge is 0.221 e. The number of aromatic nitrogens is 1. The maximum atomic E-state index is 5.73. The van der Waals surface area contributed by atoms with Crippen molar-refractivity contribution in [1.29, 1.82) is 0 Å². The number of hydrogen-bond acceptors (Lipinski definition) is 4. The second-order valence-corrected chi connectivity index (χ2v) is 4.29. The van der Waals surface area contributed by atoms with E-state index in [1.165, 1.54) is 0 Å². The highest BCUT2D eigenvalue weighted by molar-refractivity contribution is 5.39. The third kappa shape index (κ3) is 4.16. The van der Waals surface area contributed by atoms with Gasteiger partial charge in [-0.3, -0.25) is 0 Å². The second kappa shape index (κ2) is 7.38. The van der Waals surface area contributed by atoms with Crippen LogP contribution in [0.3, 0.4) is 0 Å². The predicted molar refractivity (Wildman–Crippen MR) is 80.7 cm³/mol. The Kier molecular flexibility index (Phi) is 5.24. The van der Waals surface area contributed by atoms with Gasteiger partial charge in [-0.1, -0.05) is 13.0 Å². The van der Waals surface area contributed by atoms with Crippen molar-refractivity contribution in [2.45, 2.75) is 20.3 Å². The highest BCUT2D eigenvalue weighted by Crippen LogP contribution is 2.23. The van der Waals surface area contributed by atoms with Crippen molar-refractivity contribution in [2.75, 3.05) is 18.5 Å².